The number of hydrogen-bond donors (Lipinski definition) is 2. The van der Waals surface area contributed by atoms with E-state index in [9.17, 15) is 13.5 Å². The summed E-state index contributed by atoms with van der Waals surface area (Å²) in [6.45, 7) is 0. The standard InChI is InChI=1S/C16H11BrClNO3S/c17-10-4-3-5-11(8-10)23(21,22)19-15-9-14(18)16(20)13-7-2-1-6-12(13)15/h1-9,19-20H. The van der Waals surface area contributed by atoms with E-state index < -0.39 is 10.0 Å². The van der Waals surface area contributed by atoms with Crippen LogP contribution in [-0.4, -0.2) is 13.5 Å². The SMILES string of the molecule is O=S(=O)(Nc1cc(Cl)c(O)c2ccccc12)c1cccc(Br)c1. The Kier molecular flexibility index (Phi) is 4.23. The molecule has 0 aromatic heterocycles. The molecule has 0 aliphatic carbocycles. The third-order valence-corrected chi connectivity index (χ3v) is 5.46. The predicted molar refractivity (Wildman–Crippen MR) is 95.6 cm³/mol. The Morgan fingerprint density at radius 3 is 2.39 bits per heavy atom. The van der Waals surface area contributed by atoms with Gasteiger partial charge >= 0.3 is 0 Å². The fourth-order valence-electron chi connectivity index (χ4n) is 2.25. The highest BCUT2D eigenvalue weighted by molar-refractivity contribution is 9.10. The molecule has 23 heavy (non-hydrogen) atoms. The van der Waals surface area contributed by atoms with E-state index in [1.165, 1.54) is 18.2 Å². The molecule has 0 heterocycles. The molecule has 0 aliphatic rings. The van der Waals surface area contributed by atoms with Crippen molar-refractivity contribution in [2.24, 2.45) is 0 Å². The van der Waals surface area contributed by atoms with Gasteiger partial charge in [-0.2, -0.15) is 0 Å². The molecule has 0 atom stereocenters. The molecule has 0 saturated heterocycles. The van der Waals surface area contributed by atoms with Crippen LogP contribution in [0.25, 0.3) is 10.8 Å². The smallest absolute Gasteiger partial charge is 0.261 e. The van der Waals surface area contributed by atoms with Gasteiger partial charge in [0.15, 0.2) is 0 Å². The minimum Gasteiger partial charge on any atom is -0.506 e. The van der Waals surface area contributed by atoms with Crippen LogP contribution in [0, 0.1) is 0 Å². The zero-order chi connectivity index (χ0) is 16.6. The fraction of sp³-hybridized carbons (Fsp3) is 0. The number of nitrogens with one attached hydrogen (secondary N) is 1. The van der Waals surface area contributed by atoms with Crippen LogP contribution >= 0.6 is 27.5 Å². The Hall–Kier alpha value is -1.76. The molecule has 0 spiro atoms. The number of halogens is 2. The second kappa shape index (κ2) is 6.03. The highest BCUT2D eigenvalue weighted by atomic mass is 79.9. The number of phenols is 1. The Balaban J connectivity index is 2.13. The largest absolute Gasteiger partial charge is 0.506 e. The van der Waals surface area contributed by atoms with E-state index in [-0.39, 0.29) is 15.7 Å². The topological polar surface area (TPSA) is 66.4 Å². The molecule has 3 aromatic carbocycles. The summed E-state index contributed by atoms with van der Waals surface area (Å²) in [6, 6.07) is 14.7. The highest BCUT2D eigenvalue weighted by Gasteiger charge is 2.18. The van der Waals surface area contributed by atoms with Crippen molar-refractivity contribution in [2.75, 3.05) is 4.72 Å². The summed E-state index contributed by atoms with van der Waals surface area (Å²) in [5, 5.41) is 11.1. The summed E-state index contributed by atoms with van der Waals surface area (Å²) in [6.07, 6.45) is 0. The second-order valence-electron chi connectivity index (χ2n) is 4.86. The van der Waals surface area contributed by atoms with Gasteiger partial charge in [-0.1, -0.05) is 57.9 Å². The van der Waals surface area contributed by atoms with Gasteiger partial charge in [-0.05, 0) is 24.3 Å². The van der Waals surface area contributed by atoms with Crippen LogP contribution in [0.3, 0.4) is 0 Å². The minimum absolute atomic E-state index is 0.0762. The van der Waals surface area contributed by atoms with Crippen LogP contribution in [0.2, 0.25) is 5.02 Å². The molecule has 0 radical (unpaired) electrons. The molecule has 0 saturated carbocycles. The number of benzene rings is 3. The number of aromatic hydroxyl groups is 1. The molecule has 0 unspecified atom stereocenters. The molecule has 118 valence electrons. The third kappa shape index (κ3) is 3.15. The van der Waals surface area contributed by atoms with Crippen LogP contribution in [0.5, 0.6) is 5.75 Å². The van der Waals surface area contributed by atoms with Gasteiger partial charge in [0.2, 0.25) is 0 Å². The normalized spacial score (nSPS) is 11.6. The van der Waals surface area contributed by atoms with Crippen molar-refractivity contribution in [3.63, 3.8) is 0 Å². The summed E-state index contributed by atoms with van der Waals surface area (Å²) >= 11 is 9.26. The van der Waals surface area contributed by atoms with Crippen LogP contribution in [-0.2, 0) is 10.0 Å². The summed E-state index contributed by atoms with van der Waals surface area (Å²) in [5.74, 6) is -0.0762. The van der Waals surface area contributed by atoms with Crippen molar-refractivity contribution in [3.8, 4) is 5.75 Å². The molecule has 7 heteroatoms. The van der Waals surface area contributed by atoms with E-state index >= 15 is 0 Å². The summed E-state index contributed by atoms with van der Waals surface area (Å²) < 4.78 is 28.3. The van der Waals surface area contributed by atoms with Crippen molar-refractivity contribution in [1.82, 2.24) is 0 Å². The first kappa shape index (κ1) is 16.1. The Bertz CT molecular complexity index is 1010. The maximum absolute atomic E-state index is 12.6. The summed E-state index contributed by atoms with van der Waals surface area (Å²) in [4.78, 5) is 0.125. The number of sulfonamides is 1. The molecule has 0 amide bonds. The number of hydrogen-bond acceptors (Lipinski definition) is 3. The summed E-state index contributed by atoms with van der Waals surface area (Å²) in [7, 11) is -3.78. The minimum atomic E-state index is -3.78. The Labute approximate surface area is 146 Å². The average Bonchev–Trinajstić information content (AvgIpc) is 2.52. The molecule has 0 bridgehead atoms. The van der Waals surface area contributed by atoms with Crippen molar-refractivity contribution < 1.29 is 13.5 Å². The summed E-state index contributed by atoms with van der Waals surface area (Å²) in [5.41, 5.74) is 0.309. The number of fused-ring (bicyclic) bond motifs is 1. The predicted octanol–water partition coefficient (Wildman–Crippen LogP) is 4.76. The first-order valence-corrected chi connectivity index (χ1v) is 9.22. The van der Waals surface area contributed by atoms with Crippen molar-refractivity contribution in [1.29, 1.82) is 0 Å². The van der Waals surface area contributed by atoms with Crippen LogP contribution in [0.4, 0.5) is 5.69 Å². The maximum atomic E-state index is 12.6. The van der Waals surface area contributed by atoms with Gasteiger partial charge in [0.1, 0.15) is 5.75 Å². The lowest BCUT2D eigenvalue weighted by Crippen LogP contribution is -2.13. The van der Waals surface area contributed by atoms with Gasteiger partial charge in [0, 0.05) is 15.2 Å². The van der Waals surface area contributed by atoms with Crippen molar-refractivity contribution in [3.05, 3.63) is 64.1 Å². The molecular formula is C16H11BrClNO3S. The van der Waals surface area contributed by atoms with Crippen LogP contribution in [0.15, 0.2) is 64.0 Å². The van der Waals surface area contributed by atoms with E-state index in [0.717, 1.165) is 0 Å². The van der Waals surface area contributed by atoms with E-state index in [1.807, 2.05) is 0 Å². The number of rotatable bonds is 3. The quantitative estimate of drug-likeness (QED) is 0.609. The molecule has 3 rings (SSSR count). The van der Waals surface area contributed by atoms with E-state index in [2.05, 4.69) is 20.7 Å². The van der Waals surface area contributed by atoms with Gasteiger partial charge in [0.25, 0.3) is 10.0 Å². The first-order chi connectivity index (χ1) is 10.9. The molecule has 4 nitrogen and oxygen atoms in total. The van der Waals surface area contributed by atoms with E-state index in [0.29, 0.717) is 20.9 Å². The molecule has 0 aliphatic heterocycles. The number of phenolic OH excluding ortho intramolecular Hbond substituents is 1. The molecular weight excluding hydrogens is 402 g/mol. The monoisotopic (exact) mass is 411 g/mol. The van der Waals surface area contributed by atoms with Crippen molar-refractivity contribution >= 4 is 54.0 Å². The van der Waals surface area contributed by atoms with E-state index in [4.69, 9.17) is 11.6 Å². The first-order valence-electron chi connectivity index (χ1n) is 6.57. The van der Waals surface area contributed by atoms with Gasteiger partial charge in [-0.15, -0.1) is 0 Å². The lowest BCUT2D eigenvalue weighted by Gasteiger charge is -2.13. The maximum Gasteiger partial charge on any atom is 0.261 e. The van der Waals surface area contributed by atoms with Gasteiger partial charge in [0.05, 0.1) is 15.6 Å². The molecule has 2 N–H and O–H groups in total. The van der Waals surface area contributed by atoms with E-state index in [1.54, 1.807) is 36.4 Å². The fourth-order valence-corrected chi connectivity index (χ4v) is 4.13. The Morgan fingerprint density at radius 2 is 1.70 bits per heavy atom. The molecule has 3 aromatic rings. The molecule has 0 fully saturated rings. The lowest BCUT2D eigenvalue weighted by atomic mass is 10.1. The van der Waals surface area contributed by atoms with Gasteiger partial charge in [-0.25, -0.2) is 8.42 Å². The Morgan fingerprint density at radius 1 is 1.00 bits per heavy atom. The highest BCUT2D eigenvalue weighted by Crippen LogP contribution is 2.38. The van der Waals surface area contributed by atoms with Crippen molar-refractivity contribution in [2.45, 2.75) is 4.90 Å². The third-order valence-electron chi connectivity index (χ3n) is 3.32. The van der Waals surface area contributed by atoms with Crippen LogP contribution < -0.4 is 4.72 Å². The van der Waals surface area contributed by atoms with Gasteiger partial charge in [-0.3, -0.25) is 4.72 Å². The second-order valence-corrected chi connectivity index (χ2v) is 7.87. The average molecular weight is 413 g/mol. The lowest BCUT2D eigenvalue weighted by molar-refractivity contribution is 0.482. The zero-order valence-corrected chi connectivity index (χ0v) is 14.8. The van der Waals surface area contributed by atoms with Crippen LogP contribution in [0.1, 0.15) is 0 Å². The van der Waals surface area contributed by atoms with Gasteiger partial charge < -0.3 is 5.11 Å². The number of anilines is 1. The zero-order valence-electron chi connectivity index (χ0n) is 11.6.